The Morgan fingerprint density at radius 2 is 2.15 bits per heavy atom. The van der Waals surface area contributed by atoms with Gasteiger partial charge in [0.2, 0.25) is 0 Å². The van der Waals surface area contributed by atoms with Gasteiger partial charge in [-0.1, -0.05) is 0 Å². The van der Waals surface area contributed by atoms with Crippen LogP contribution in [0, 0.1) is 5.92 Å². The Kier molecular flexibility index (Phi) is 2.73. The van der Waals surface area contributed by atoms with Crippen molar-refractivity contribution in [3.63, 3.8) is 0 Å². The summed E-state index contributed by atoms with van der Waals surface area (Å²) < 4.78 is 13.4. The highest BCUT2D eigenvalue weighted by Crippen LogP contribution is 2.39. The van der Waals surface area contributed by atoms with Gasteiger partial charge in [-0.15, -0.1) is 11.6 Å². The van der Waals surface area contributed by atoms with Crippen LogP contribution < -0.4 is 0 Å². The van der Waals surface area contributed by atoms with Crippen LogP contribution in [-0.2, 0) is 4.79 Å². The van der Waals surface area contributed by atoms with E-state index in [1.807, 2.05) is 13.8 Å². The fourth-order valence-electron chi connectivity index (χ4n) is 1.71. The second-order valence-corrected chi connectivity index (χ2v) is 5.60. The lowest BCUT2D eigenvalue weighted by Crippen LogP contribution is -2.41. The molecule has 0 aliphatic heterocycles. The number of alkyl halides is 2. The van der Waals surface area contributed by atoms with E-state index in [1.165, 1.54) is 6.92 Å². The first-order chi connectivity index (χ1) is 5.73. The van der Waals surface area contributed by atoms with E-state index in [9.17, 15) is 9.18 Å². The number of hydrogen-bond acceptors (Lipinski definition) is 1. The number of carbonyl (C=O) groups is 1. The van der Waals surface area contributed by atoms with E-state index in [4.69, 9.17) is 11.6 Å². The monoisotopic (exact) mass is 206 g/mol. The molecule has 0 aromatic rings. The summed E-state index contributed by atoms with van der Waals surface area (Å²) in [5.74, 6) is -0.178. The molecule has 76 valence electrons. The zero-order chi connectivity index (χ0) is 10.3. The van der Waals surface area contributed by atoms with Gasteiger partial charge < -0.3 is 0 Å². The van der Waals surface area contributed by atoms with Gasteiger partial charge in [0, 0.05) is 11.3 Å². The SMILES string of the molecule is CC(C)(Cl)[C@H]1CC[C@@](C)(F)C(=O)C1. The fraction of sp³-hybridized carbons (Fsp3) is 0.900. The van der Waals surface area contributed by atoms with E-state index in [1.54, 1.807) is 0 Å². The summed E-state index contributed by atoms with van der Waals surface area (Å²) in [5.41, 5.74) is -1.61. The largest absolute Gasteiger partial charge is 0.296 e. The highest BCUT2D eigenvalue weighted by atomic mass is 35.5. The minimum absolute atomic E-state index is 0.116. The molecule has 0 N–H and O–H groups in total. The van der Waals surface area contributed by atoms with E-state index < -0.39 is 10.5 Å². The van der Waals surface area contributed by atoms with E-state index in [0.717, 1.165) is 0 Å². The molecule has 1 fully saturated rings. The van der Waals surface area contributed by atoms with Crippen molar-refractivity contribution in [2.75, 3.05) is 0 Å². The van der Waals surface area contributed by atoms with Crippen molar-refractivity contribution in [1.29, 1.82) is 0 Å². The lowest BCUT2D eigenvalue weighted by atomic mass is 9.75. The van der Waals surface area contributed by atoms with Crippen molar-refractivity contribution in [2.24, 2.45) is 5.92 Å². The normalized spacial score (nSPS) is 36.4. The maximum absolute atomic E-state index is 13.4. The molecule has 1 rings (SSSR count). The third-order valence-corrected chi connectivity index (χ3v) is 3.25. The molecule has 0 saturated heterocycles. The molecule has 1 nitrogen and oxygen atoms in total. The minimum atomic E-state index is -1.61. The second-order valence-electron chi connectivity index (χ2n) is 4.62. The van der Waals surface area contributed by atoms with Crippen molar-refractivity contribution in [3.05, 3.63) is 0 Å². The minimum Gasteiger partial charge on any atom is -0.296 e. The number of hydrogen-bond donors (Lipinski definition) is 0. The molecule has 1 aliphatic carbocycles. The van der Waals surface area contributed by atoms with Crippen molar-refractivity contribution < 1.29 is 9.18 Å². The van der Waals surface area contributed by atoms with E-state index in [-0.39, 0.29) is 18.1 Å². The molecule has 0 unspecified atom stereocenters. The molecule has 0 bridgehead atoms. The highest BCUT2D eigenvalue weighted by Gasteiger charge is 2.42. The molecule has 0 radical (unpaired) electrons. The van der Waals surface area contributed by atoms with Gasteiger partial charge in [-0.05, 0) is 39.5 Å². The van der Waals surface area contributed by atoms with Crippen LogP contribution in [0.4, 0.5) is 4.39 Å². The van der Waals surface area contributed by atoms with Gasteiger partial charge >= 0.3 is 0 Å². The van der Waals surface area contributed by atoms with Gasteiger partial charge in [-0.2, -0.15) is 0 Å². The quantitative estimate of drug-likeness (QED) is 0.603. The van der Waals surface area contributed by atoms with Crippen LogP contribution in [0.5, 0.6) is 0 Å². The number of carbonyl (C=O) groups excluding carboxylic acids is 1. The van der Waals surface area contributed by atoms with Crippen LogP contribution in [0.15, 0.2) is 0 Å². The zero-order valence-electron chi connectivity index (χ0n) is 8.36. The average molecular weight is 207 g/mol. The Hall–Kier alpha value is -0.110. The highest BCUT2D eigenvalue weighted by molar-refractivity contribution is 6.23. The van der Waals surface area contributed by atoms with E-state index in [2.05, 4.69) is 0 Å². The predicted molar refractivity (Wildman–Crippen MR) is 51.8 cm³/mol. The van der Waals surface area contributed by atoms with Crippen LogP contribution in [0.25, 0.3) is 0 Å². The predicted octanol–water partition coefficient (Wildman–Crippen LogP) is 3.10. The Labute approximate surface area is 83.6 Å². The van der Waals surface area contributed by atoms with Crippen LogP contribution in [0.2, 0.25) is 0 Å². The molecule has 0 spiro atoms. The van der Waals surface area contributed by atoms with E-state index >= 15 is 0 Å². The molecule has 0 aromatic heterocycles. The first-order valence-corrected chi connectivity index (χ1v) is 5.02. The summed E-state index contributed by atoms with van der Waals surface area (Å²) >= 11 is 6.10. The summed E-state index contributed by atoms with van der Waals surface area (Å²) in [7, 11) is 0. The van der Waals surface area contributed by atoms with Crippen molar-refractivity contribution in [2.45, 2.75) is 50.6 Å². The van der Waals surface area contributed by atoms with Crippen molar-refractivity contribution >= 4 is 17.4 Å². The molecule has 1 aliphatic rings. The van der Waals surface area contributed by atoms with Gasteiger partial charge in [-0.25, -0.2) is 4.39 Å². The Balaban J connectivity index is 2.67. The molecule has 0 aromatic carbocycles. The zero-order valence-corrected chi connectivity index (χ0v) is 9.12. The van der Waals surface area contributed by atoms with Crippen LogP contribution in [-0.4, -0.2) is 16.3 Å². The second kappa shape index (κ2) is 3.23. The van der Waals surface area contributed by atoms with Crippen LogP contribution >= 0.6 is 11.6 Å². The number of ketones is 1. The summed E-state index contributed by atoms with van der Waals surface area (Å²) in [6.45, 7) is 5.13. The Bertz CT molecular complexity index is 217. The summed E-state index contributed by atoms with van der Waals surface area (Å²) in [4.78, 5) is 10.9. The molecule has 1 saturated carbocycles. The smallest absolute Gasteiger partial charge is 0.170 e. The standard InChI is InChI=1S/C10H16ClFO/c1-9(2,11)7-4-5-10(3,12)8(13)6-7/h7H,4-6H2,1-3H3/t7-,10+/m0/s1. The van der Waals surface area contributed by atoms with Gasteiger partial charge in [0.15, 0.2) is 11.5 Å². The number of halogens is 2. The topological polar surface area (TPSA) is 17.1 Å². The molecule has 0 heterocycles. The van der Waals surface area contributed by atoms with Crippen LogP contribution in [0.1, 0.15) is 40.0 Å². The van der Waals surface area contributed by atoms with Gasteiger partial charge in [0.1, 0.15) is 0 Å². The van der Waals surface area contributed by atoms with Gasteiger partial charge in [-0.3, -0.25) is 4.79 Å². The third-order valence-electron chi connectivity index (χ3n) is 2.95. The van der Waals surface area contributed by atoms with E-state index in [0.29, 0.717) is 12.8 Å². The Morgan fingerprint density at radius 1 is 1.62 bits per heavy atom. The average Bonchev–Trinajstić information content (AvgIpc) is 1.92. The molecule has 3 heteroatoms. The first-order valence-electron chi connectivity index (χ1n) is 4.64. The third kappa shape index (κ3) is 2.43. The van der Waals surface area contributed by atoms with Crippen LogP contribution in [0.3, 0.4) is 0 Å². The van der Waals surface area contributed by atoms with Crippen molar-refractivity contribution in [3.8, 4) is 0 Å². The summed E-state index contributed by atoms with van der Waals surface area (Å²) in [5, 5.41) is 0. The molecule has 2 atom stereocenters. The molecule has 13 heavy (non-hydrogen) atoms. The van der Waals surface area contributed by atoms with Gasteiger partial charge in [0.05, 0.1) is 0 Å². The number of Topliss-reactive ketones (excluding diaryl/α,β-unsaturated/α-hetero) is 1. The lowest BCUT2D eigenvalue weighted by molar-refractivity contribution is -0.134. The summed E-state index contributed by atoms with van der Waals surface area (Å²) in [6.07, 6.45) is 1.30. The first kappa shape index (κ1) is 11.0. The lowest BCUT2D eigenvalue weighted by Gasteiger charge is -2.35. The Morgan fingerprint density at radius 3 is 2.54 bits per heavy atom. The maximum atomic E-state index is 13.4. The summed E-state index contributed by atoms with van der Waals surface area (Å²) in [6, 6.07) is 0. The molecular weight excluding hydrogens is 191 g/mol. The molecule has 0 amide bonds. The molecular formula is C10H16ClFO. The maximum Gasteiger partial charge on any atom is 0.170 e. The van der Waals surface area contributed by atoms with Gasteiger partial charge in [0.25, 0.3) is 0 Å². The fourth-order valence-corrected chi connectivity index (χ4v) is 1.90. The van der Waals surface area contributed by atoms with Crippen molar-refractivity contribution in [1.82, 2.24) is 0 Å². The number of rotatable bonds is 1.